The number of anilines is 1. The number of hydrogen-bond acceptors (Lipinski definition) is 5. The average molecular weight is 418 g/mol. The Labute approximate surface area is 175 Å². The quantitative estimate of drug-likeness (QED) is 0.438. The average Bonchev–Trinajstić information content (AvgIpc) is 3.22. The fourth-order valence-corrected chi connectivity index (χ4v) is 3.82. The van der Waals surface area contributed by atoms with Crippen LogP contribution >= 0.6 is 11.6 Å². The number of H-pyrrole nitrogens is 1. The summed E-state index contributed by atoms with van der Waals surface area (Å²) in [5.74, 6) is -0.239. The lowest BCUT2D eigenvalue weighted by atomic mass is 9.95. The Morgan fingerprint density at radius 2 is 2.07 bits per heavy atom. The van der Waals surface area contributed by atoms with Crippen LogP contribution < -0.4 is 5.32 Å². The van der Waals surface area contributed by atoms with Gasteiger partial charge in [-0.05, 0) is 42.0 Å². The number of nitrogens with zero attached hydrogens (tertiary/aromatic N) is 3. The van der Waals surface area contributed by atoms with Crippen molar-refractivity contribution in [3.05, 3.63) is 70.6 Å². The van der Waals surface area contributed by atoms with E-state index in [1.807, 2.05) is 18.2 Å². The van der Waals surface area contributed by atoms with Gasteiger partial charge in [-0.3, -0.25) is 5.10 Å². The number of rotatable bonds is 2. The van der Waals surface area contributed by atoms with E-state index in [1.165, 1.54) is 6.07 Å². The van der Waals surface area contributed by atoms with Crippen molar-refractivity contribution in [2.45, 2.75) is 6.23 Å². The third-order valence-corrected chi connectivity index (χ3v) is 5.28. The third kappa shape index (κ3) is 2.90. The second kappa shape index (κ2) is 6.95. The summed E-state index contributed by atoms with van der Waals surface area (Å²) in [5, 5.41) is 30.1. The number of halogens is 2. The van der Waals surface area contributed by atoms with Crippen molar-refractivity contribution in [3.8, 4) is 28.5 Å². The van der Waals surface area contributed by atoms with E-state index < -0.39 is 12.0 Å². The molecule has 2 aromatic heterocycles. The molecular weight excluding hydrogens is 405 g/mol. The zero-order chi connectivity index (χ0) is 20.8. The van der Waals surface area contributed by atoms with Gasteiger partial charge in [-0.2, -0.15) is 10.4 Å². The lowest BCUT2D eigenvalue weighted by Gasteiger charge is -2.20. The Morgan fingerprint density at radius 3 is 2.90 bits per heavy atom. The zero-order valence-corrected chi connectivity index (χ0v) is 16.1. The molecule has 8 heteroatoms. The van der Waals surface area contributed by atoms with Gasteiger partial charge in [0.1, 0.15) is 23.9 Å². The highest BCUT2D eigenvalue weighted by Gasteiger charge is 2.21. The summed E-state index contributed by atoms with van der Waals surface area (Å²) >= 11 is 6.43. The summed E-state index contributed by atoms with van der Waals surface area (Å²) in [5.41, 5.74) is 3.23. The molecule has 30 heavy (non-hydrogen) atoms. The summed E-state index contributed by atoms with van der Waals surface area (Å²) < 4.78 is 15.1. The molecule has 3 heterocycles. The van der Waals surface area contributed by atoms with E-state index in [4.69, 9.17) is 11.6 Å². The molecule has 1 aliphatic heterocycles. The van der Waals surface area contributed by atoms with Crippen molar-refractivity contribution in [1.82, 2.24) is 15.2 Å². The summed E-state index contributed by atoms with van der Waals surface area (Å²) in [6.07, 6.45) is 4.11. The molecule has 2 aromatic carbocycles. The van der Waals surface area contributed by atoms with Crippen LogP contribution in [0.15, 0.2) is 48.7 Å². The Bertz CT molecular complexity index is 1390. The van der Waals surface area contributed by atoms with Crippen molar-refractivity contribution in [2.24, 2.45) is 0 Å². The van der Waals surface area contributed by atoms with Gasteiger partial charge in [-0.1, -0.05) is 23.7 Å². The highest BCUT2D eigenvalue weighted by atomic mass is 35.5. The summed E-state index contributed by atoms with van der Waals surface area (Å²) in [4.78, 5) is 4.61. The molecular formula is C22H13ClFN5O. The molecule has 0 bridgehead atoms. The molecule has 0 fully saturated rings. The first-order valence-electron chi connectivity index (χ1n) is 9.05. The second-order valence-electron chi connectivity index (χ2n) is 6.84. The number of aromatic nitrogens is 3. The largest absolute Gasteiger partial charge is 0.370 e. The van der Waals surface area contributed by atoms with E-state index in [1.54, 1.807) is 36.5 Å². The first kappa shape index (κ1) is 18.3. The summed E-state index contributed by atoms with van der Waals surface area (Å²) in [7, 11) is 0. The van der Waals surface area contributed by atoms with Crippen LogP contribution in [-0.4, -0.2) is 26.5 Å². The number of aliphatic hydroxyl groups is 1. The highest BCUT2D eigenvalue weighted by molar-refractivity contribution is 6.35. The van der Waals surface area contributed by atoms with Crippen LogP contribution in [0, 0.1) is 17.1 Å². The molecule has 0 saturated carbocycles. The van der Waals surface area contributed by atoms with Crippen molar-refractivity contribution in [2.75, 3.05) is 5.32 Å². The molecule has 1 aliphatic rings. The van der Waals surface area contributed by atoms with Gasteiger partial charge in [0.05, 0.1) is 28.0 Å². The molecule has 1 unspecified atom stereocenters. The number of fused-ring (bicyclic) bond motifs is 2. The lowest BCUT2D eigenvalue weighted by molar-refractivity contribution is 0.251. The summed E-state index contributed by atoms with van der Waals surface area (Å²) in [6, 6.07) is 11.9. The minimum absolute atomic E-state index is 0.0748. The Morgan fingerprint density at radius 1 is 1.20 bits per heavy atom. The minimum Gasteiger partial charge on any atom is -0.370 e. The first-order chi connectivity index (χ1) is 14.5. The number of nitrogens with one attached hydrogen (secondary N) is 2. The topological polar surface area (TPSA) is 97.6 Å². The monoisotopic (exact) mass is 417 g/mol. The molecule has 6 nitrogen and oxygen atoms in total. The standard InChI is InChI=1S/C22H13ClFN5O/c23-17-8-13(6-14-10-26-29-20(14)17)16-7-11-4-5-18(30)27-22(11)28-21(16)15-3-1-2-12(9-25)19(15)24/h1-8,10,18,30H,(H,26,29)(H,27,28). The van der Waals surface area contributed by atoms with Gasteiger partial charge < -0.3 is 10.4 Å². The van der Waals surface area contributed by atoms with Crippen molar-refractivity contribution >= 4 is 34.4 Å². The number of pyridine rings is 1. The van der Waals surface area contributed by atoms with Gasteiger partial charge in [-0.15, -0.1) is 0 Å². The van der Waals surface area contributed by atoms with E-state index in [2.05, 4.69) is 20.5 Å². The van der Waals surface area contributed by atoms with Crippen LogP contribution in [0.4, 0.5) is 10.2 Å². The molecule has 0 saturated heterocycles. The first-order valence-corrected chi connectivity index (χ1v) is 9.43. The predicted molar refractivity (Wildman–Crippen MR) is 113 cm³/mol. The fraction of sp³-hybridized carbons (Fsp3) is 0.0455. The molecule has 1 atom stereocenters. The van der Waals surface area contributed by atoms with Gasteiger partial charge in [0.15, 0.2) is 0 Å². The molecule has 0 aliphatic carbocycles. The van der Waals surface area contributed by atoms with Gasteiger partial charge >= 0.3 is 0 Å². The van der Waals surface area contributed by atoms with Crippen LogP contribution in [0.25, 0.3) is 39.4 Å². The SMILES string of the molecule is N#Cc1cccc(-c2nc3c(cc2-c2cc(Cl)c4[nH]ncc4c2)C=CC(O)N3)c1F. The van der Waals surface area contributed by atoms with Gasteiger partial charge in [-0.25, -0.2) is 9.37 Å². The maximum Gasteiger partial charge on any atom is 0.150 e. The molecule has 4 aromatic rings. The Balaban J connectivity index is 1.82. The smallest absolute Gasteiger partial charge is 0.150 e. The fourth-order valence-electron chi connectivity index (χ4n) is 3.55. The Kier molecular flexibility index (Phi) is 4.24. The van der Waals surface area contributed by atoms with Crippen LogP contribution in [-0.2, 0) is 0 Å². The normalized spacial score (nSPS) is 14.9. The van der Waals surface area contributed by atoms with Crippen molar-refractivity contribution < 1.29 is 9.50 Å². The summed E-state index contributed by atoms with van der Waals surface area (Å²) in [6.45, 7) is 0. The van der Waals surface area contributed by atoms with Crippen LogP contribution in [0.2, 0.25) is 5.02 Å². The maximum absolute atomic E-state index is 15.1. The van der Waals surface area contributed by atoms with Crippen LogP contribution in [0.1, 0.15) is 11.1 Å². The van der Waals surface area contributed by atoms with Crippen molar-refractivity contribution in [3.63, 3.8) is 0 Å². The zero-order valence-electron chi connectivity index (χ0n) is 15.3. The molecule has 5 rings (SSSR count). The second-order valence-corrected chi connectivity index (χ2v) is 7.25. The number of benzene rings is 2. The maximum atomic E-state index is 15.1. The van der Waals surface area contributed by atoms with Crippen LogP contribution in [0.3, 0.4) is 0 Å². The lowest BCUT2D eigenvalue weighted by Crippen LogP contribution is -2.20. The van der Waals surface area contributed by atoms with Gasteiger partial charge in [0, 0.05) is 22.1 Å². The Hall–Kier alpha value is -3.73. The predicted octanol–water partition coefficient (Wildman–Crippen LogP) is 4.71. The van der Waals surface area contributed by atoms with Gasteiger partial charge in [0.2, 0.25) is 0 Å². The molecule has 0 spiro atoms. The number of nitriles is 1. The van der Waals surface area contributed by atoms with E-state index in [0.29, 0.717) is 27.6 Å². The number of aromatic amines is 1. The van der Waals surface area contributed by atoms with E-state index in [0.717, 1.165) is 16.5 Å². The number of aliphatic hydroxyl groups excluding tert-OH is 1. The van der Waals surface area contributed by atoms with E-state index in [-0.39, 0.29) is 11.1 Å². The molecule has 0 amide bonds. The highest BCUT2D eigenvalue weighted by Crippen LogP contribution is 2.39. The van der Waals surface area contributed by atoms with Crippen molar-refractivity contribution in [1.29, 1.82) is 5.26 Å². The number of hydrogen-bond donors (Lipinski definition) is 3. The molecule has 146 valence electrons. The third-order valence-electron chi connectivity index (χ3n) is 4.98. The van der Waals surface area contributed by atoms with Gasteiger partial charge in [0.25, 0.3) is 0 Å². The van der Waals surface area contributed by atoms with Crippen LogP contribution in [0.5, 0.6) is 0 Å². The molecule has 0 radical (unpaired) electrons. The molecule has 3 N–H and O–H groups in total. The minimum atomic E-state index is -0.893. The van der Waals surface area contributed by atoms with E-state index >= 15 is 4.39 Å². The van der Waals surface area contributed by atoms with E-state index in [9.17, 15) is 10.4 Å².